The summed E-state index contributed by atoms with van der Waals surface area (Å²) in [6.07, 6.45) is -0.759. The minimum Gasteiger partial charge on any atom is -0.497 e. The zero-order valence-corrected chi connectivity index (χ0v) is 19.4. The van der Waals surface area contributed by atoms with E-state index in [4.69, 9.17) is 18.5 Å². The fourth-order valence-corrected chi connectivity index (χ4v) is 5.27. The van der Waals surface area contributed by atoms with Crippen LogP contribution in [0.25, 0.3) is 0 Å². The molecule has 0 radical (unpaired) electrons. The van der Waals surface area contributed by atoms with Crippen molar-refractivity contribution in [1.82, 2.24) is 0 Å². The Morgan fingerprint density at radius 1 is 0.935 bits per heavy atom. The first-order valence-corrected chi connectivity index (χ1v) is 11.4. The van der Waals surface area contributed by atoms with Crippen molar-refractivity contribution < 1.29 is 28.0 Å². The van der Waals surface area contributed by atoms with Crippen molar-refractivity contribution in [3.05, 3.63) is 58.1 Å². The second-order valence-corrected chi connectivity index (χ2v) is 9.32. The van der Waals surface area contributed by atoms with Gasteiger partial charge in [0.25, 0.3) is 5.69 Å². The summed E-state index contributed by atoms with van der Waals surface area (Å²) < 4.78 is 36.5. The Bertz CT molecular complexity index is 918. The zero-order chi connectivity index (χ0) is 23.2. The molecule has 0 bridgehead atoms. The second-order valence-electron chi connectivity index (χ2n) is 7.31. The molecule has 0 aliphatic carbocycles. The normalized spacial score (nSPS) is 12.6. The van der Waals surface area contributed by atoms with Crippen LogP contribution in [0.15, 0.2) is 42.5 Å². The number of methoxy groups -OCH3 is 2. The SMILES string of the molecule is COc1ccc(C(Nc2ccc([N+](=O)[O-])cc2)P(=O)(OC(C)C)OC(C)C)c(OC)c1. The summed E-state index contributed by atoms with van der Waals surface area (Å²) in [5.74, 6) is 0.0531. The fourth-order valence-electron chi connectivity index (χ4n) is 2.94. The summed E-state index contributed by atoms with van der Waals surface area (Å²) in [6, 6.07) is 10.9. The Morgan fingerprint density at radius 2 is 1.52 bits per heavy atom. The highest BCUT2D eigenvalue weighted by Gasteiger charge is 2.41. The number of rotatable bonds is 11. The number of benzene rings is 2. The first kappa shape index (κ1) is 24.7. The van der Waals surface area contributed by atoms with Crippen molar-refractivity contribution in [1.29, 1.82) is 0 Å². The van der Waals surface area contributed by atoms with Crippen molar-refractivity contribution in [2.75, 3.05) is 19.5 Å². The average molecular weight is 452 g/mol. The molecule has 31 heavy (non-hydrogen) atoms. The van der Waals surface area contributed by atoms with Gasteiger partial charge in [-0.3, -0.25) is 14.7 Å². The van der Waals surface area contributed by atoms with E-state index in [1.54, 1.807) is 45.9 Å². The smallest absolute Gasteiger partial charge is 0.357 e. The summed E-state index contributed by atoms with van der Waals surface area (Å²) in [5.41, 5.74) is 0.990. The predicted octanol–water partition coefficient (Wildman–Crippen LogP) is 5.77. The molecule has 9 nitrogen and oxygen atoms in total. The molecule has 0 amide bonds. The van der Waals surface area contributed by atoms with Gasteiger partial charge >= 0.3 is 7.60 Å². The van der Waals surface area contributed by atoms with Crippen LogP contribution in [0, 0.1) is 10.1 Å². The minimum atomic E-state index is -3.79. The number of non-ortho nitro benzene ring substituents is 1. The van der Waals surface area contributed by atoms with Crippen LogP contribution in [0.1, 0.15) is 39.0 Å². The van der Waals surface area contributed by atoms with Crippen molar-refractivity contribution in [3.63, 3.8) is 0 Å². The third kappa shape index (κ3) is 6.43. The standard InChI is InChI=1S/C21H29N2O7P/c1-14(2)29-31(26,30-15(3)4)21(19-12-11-18(27-5)13-20(19)28-6)22-16-7-9-17(10-8-16)23(24)25/h7-15,21-22H,1-6H3. The lowest BCUT2D eigenvalue weighted by Crippen LogP contribution is -2.20. The van der Waals surface area contributed by atoms with Crippen LogP contribution in [0.4, 0.5) is 11.4 Å². The van der Waals surface area contributed by atoms with Crippen LogP contribution < -0.4 is 14.8 Å². The number of nitrogens with one attached hydrogen (secondary N) is 1. The Morgan fingerprint density at radius 3 is 1.97 bits per heavy atom. The molecule has 1 atom stereocenters. The first-order chi connectivity index (χ1) is 14.6. The molecule has 0 saturated carbocycles. The number of nitro groups is 1. The third-order valence-electron chi connectivity index (χ3n) is 4.15. The molecule has 2 aromatic carbocycles. The van der Waals surface area contributed by atoms with Gasteiger partial charge in [-0.15, -0.1) is 0 Å². The lowest BCUT2D eigenvalue weighted by molar-refractivity contribution is -0.384. The van der Waals surface area contributed by atoms with Crippen LogP contribution in [-0.2, 0) is 13.6 Å². The van der Waals surface area contributed by atoms with E-state index in [2.05, 4.69) is 5.32 Å². The molecule has 1 N–H and O–H groups in total. The maximum absolute atomic E-state index is 14.0. The summed E-state index contributed by atoms with van der Waals surface area (Å²) >= 11 is 0. The van der Waals surface area contributed by atoms with Gasteiger partial charge in [0, 0.05) is 29.4 Å². The lowest BCUT2D eigenvalue weighted by atomic mass is 10.1. The van der Waals surface area contributed by atoms with Gasteiger partial charge in [-0.2, -0.15) is 0 Å². The topological polar surface area (TPSA) is 109 Å². The highest BCUT2D eigenvalue weighted by atomic mass is 31.2. The predicted molar refractivity (Wildman–Crippen MR) is 119 cm³/mol. The van der Waals surface area contributed by atoms with Gasteiger partial charge in [0.05, 0.1) is 31.4 Å². The molecule has 10 heteroatoms. The average Bonchev–Trinajstić information content (AvgIpc) is 2.70. The second kappa shape index (κ2) is 10.6. The molecule has 0 fully saturated rings. The molecule has 1 unspecified atom stereocenters. The molecule has 2 rings (SSSR count). The minimum absolute atomic E-state index is 0.0517. The Balaban J connectivity index is 2.60. The van der Waals surface area contributed by atoms with Crippen molar-refractivity contribution in [2.45, 2.75) is 45.7 Å². The molecule has 0 saturated heterocycles. The van der Waals surface area contributed by atoms with E-state index in [1.807, 2.05) is 0 Å². The molecule has 0 aromatic heterocycles. The number of hydrogen-bond donors (Lipinski definition) is 1. The van der Waals surface area contributed by atoms with Gasteiger partial charge in [0.2, 0.25) is 0 Å². The van der Waals surface area contributed by atoms with E-state index in [-0.39, 0.29) is 17.9 Å². The lowest BCUT2D eigenvalue weighted by Gasteiger charge is -2.32. The Hall–Kier alpha value is -2.61. The molecular formula is C21H29N2O7P. The van der Waals surface area contributed by atoms with Crippen molar-refractivity contribution >= 4 is 19.0 Å². The van der Waals surface area contributed by atoms with E-state index >= 15 is 0 Å². The van der Waals surface area contributed by atoms with Gasteiger partial charge in [0.1, 0.15) is 11.5 Å². The van der Waals surface area contributed by atoms with Crippen LogP contribution in [-0.4, -0.2) is 31.4 Å². The Kier molecular flexibility index (Phi) is 8.44. The molecular weight excluding hydrogens is 423 g/mol. The van der Waals surface area contributed by atoms with Gasteiger partial charge in [0.15, 0.2) is 5.78 Å². The van der Waals surface area contributed by atoms with E-state index < -0.39 is 18.3 Å². The number of anilines is 1. The van der Waals surface area contributed by atoms with Gasteiger partial charge in [-0.05, 0) is 52.0 Å². The largest absolute Gasteiger partial charge is 0.497 e. The van der Waals surface area contributed by atoms with E-state index in [0.29, 0.717) is 22.7 Å². The highest BCUT2D eigenvalue weighted by Crippen LogP contribution is 2.63. The van der Waals surface area contributed by atoms with Crippen LogP contribution >= 0.6 is 7.60 Å². The molecule has 0 aliphatic heterocycles. The van der Waals surface area contributed by atoms with Crippen LogP contribution in [0.3, 0.4) is 0 Å². The summed E-state index contributed by atoms with van der Waals surface area (Å²) in [5, 5.41) is 14.1. The highest BCUT2D eigenvalue weighted by molar-refractivity contribution is 7.54. The summed E-state index contributed by atoms with van der Waals surface area (Å²) in [7, 11) is -0.753. The first-order valence-electron chi connectivity index (χ1n) is 9.79. The van der Waals surface area contributed by atoms with Crippen LogP contribution in [0.2, 0.25) is 0 Å². The maximum atomic E-state index is 14.0. The fraction of sp³-hybridized carbons (Fsp3) is 0.429. The van der Waals surface area contributed by atoms with E-state index in [1.165, 1.54) is 38.5 Å². The molecule has 0 heterocycles. The summed E-state index contributed by atoms with van der Waals surface area (Å²) in [6.45, 7) is 7.07. The Labute approximate surface area is 182 Å². The molecule has 0 spiro atoms. The molecule has 2 aromatic rings. The van der Waals surface area contributed by atoms with Crippen molar-refractivity contribution in [3.8, 4) is 11.5 Å². The molecule has 0 aliphatic rings. The van der Waals surface area contributed by atoms with Gasteiger partial charge < -0.3 is 23.8 Å². The number of nitro benzene ring substituents is 1. The quantitative estimate of drug-likeness (QED) is 0.260. The van der Waals surface area contributed by atoms with Crippen LogP contribution in [0.5, 0.6) is 11.5 Å². The van der Waals surface area contributed by atoms with E-state index in [9.17, 15) is 14.7 Å². The van der Waals surface area contributed by atoms with Gasteiger partial charge in [-0.1, -0.05) is 0 Å². The summed E-state index contributed by atoms with van der Waals surface area (Å²) in [4.78, 5) is 10.5. The zero-order valence-electron chi connectivity index (χ0n) is 18.5. The number of nitrogens with zero attached hydrogens (tertiary/aromatic N) is 1. The van der Waals surface area contributed by atoms with E-state index in [0.717, 1.165) is 0 Å². The maximum Gasteiger partial charge on any atom is 0.357 e. The number of hydrogen-bond acceptors (Lipinski definition) is 8. The monoisotopic (exact) mass is 452 g/mol. The van der Waals surface area contributed by atoms with Crippen molar-refractivity contribution in [2.24, 2.45) is 0 Å². The number of ether oxygens (including phenoxy) is 2. The third-order valence-corrected chi connectivity index (χ3v) is 6.62. The molecule has 170 valence electrons. The van der Waals surface area contributed by atoms with Gasteiger partial charge in [-0.25, -0.2) is 0 Å².